The van der Waals surface area contributed by atoms with Gasteiger partial charge in [-0.15, -0.1) is 11.8 Å². The molecule has 9 heteroatoms. The third-order valence-electron chi connectivity index (χ3n) is 3.73. The van der Waals surface area contributed by atoms with Crippen LogP contribution >= 0.6 is 35.0 Å². The minimum Gasteiger partial charge on any atom is -0.342 e. The Morgan fingerprint density at radius 1 is 1.39 bits per heavy atom. The van der Waals surface area contributed by atoms with Crippen LogP contribution in [0, 0.1) is 0 Å². The molecule has 1 aliphatic heterocycles. The van der Waals surface area contributed by atoms with Crippen LogP contribution in [0.3, 0.4) is 0 Å². The summed E-state index contributed by atoms with van der Waals surface area (Å²) in [5.41, 5.74) is 0. The van der Waals surface area contributed by atoms with Crippen LogP contribution in [0.2, 0.25) is 10.0 Å². The van der Waals surface area contributed by atoms with Gasteiger partial charge in [0.2, 0.25) is 15.9 Å². The highest BCUT2D eigenvalue weighted by Crippen LogP contribution is 2.33. The van der Waals surface area contributed by atoms with Crippen molar-refractivity contribution in [2.24, 2.45) is 0 Å². The van der Waals surface area contributed by atoms with E-state index in [1.807, 2.05) is 13.8 Å². The zero-order chi connectivity index (χ0) is 17.4. The van der Waals surface area contributed by atoms with Crippen LogP contribution < -0.4 is 0 Å². The lowest BCUT2D eigenvalue weighted by molar-refractivity contribution is -0.134. The van der Waals surface area contributed by atoms with E-state index in [1.54, 1.807) is 11.9 Å². The third kappa shape index (κ3) is 3.79. The second-order valence-electron chi connectivity index (χ2n) is 5.53. The van der Waals surface area contributed by atoms with E-state index in [4.69, 9.17) is 23.2 Å². The fourth-order valence-electron chi connectivity index (χ4n) is 2.15. The van der Waals surface area contributed by atoms with Gasteiger partial charge in [0.1, 0.15) is 10.9 Å². The molecule has 0 unspecified atom stereocenters. The topological polar surface area (TPSA) is 57.7 Å². The molecular weight excluding hydrogens is 379 g/mol. The van der Waals surface area contributed by atoms with Gasteiger partial charge < -0.3 is 4.90 Å². The van der Waals surface area contributed by atoms with E-state index < -0.39 is 16.1 Å². The molecule has 1 aromatic rings. The quantitative estimate of drug-likeness (QED) is 0.784. The number of carbonyl (C=O) groups excluding carboxylic acids is 1. The fraction of sp³-hybridized carbons (Fsp3) is 0.500. The van der Waals surface area contributed by atoms with Crippen LogP contribution in [0.25, 0.3) is 0 Å². The summed E-state index contributed by atoms with van der Waals surface area (Å²) in [4.78, 5) is 14.1. The van der Waals surface area contributed by atoms with Crippen LogP contribution in [0.4, 0.5) is 0 Å². The van der Waals surface area contributed by atoms with Crippen LogP contribution in [-0.2, 0) is 14.8 Å². The van der Waals surface area contributed by atoms with Crippen LogP contribution in [-0.4, -0.2) is 54.3 Å². The van der Waals surface area contributed by atoms with Crippen molar-refractivity contribution in [2.75, 3.05) is 18.7 Å². The number of thioether (sulfide) groups is 1. The highest BCUT2D eigenvalue weighted by atomic mass is 35.5. The van der Waals surface area contributed by atoms with Crippen LogP contribution in [0.5, 0.6) is 0 Å². The summed E-state index contributed by atoms with van der Waals surface area (Å²) in [7, 11) is -2.22. The van der Waals surface area contributed by atoms with Gasteiger partial charge in [0.15, 0.2) is 0 Å². The number of likely N-dealkylation sites (N-methyl/N-ethyl adjacent to an activating group) is 1. The fourth-order valence-corrected chi connectivity index (χ4v) is 6.02. The average molecular weight is 397 g/mol. The zero-order valence-corrected chi connectivity index (χ0v) is 16.1. The van der Waals surface area contributed by atoms with Gasteiger partial charge in [-0.25, -0.2) is 8.42 Å². The van der Waals surface area contributed by atoms with Crippen molar-refractivity contribution in [1.29, 1.82) is 0 Å². The monoisotopic (exact) mass is 396 g/mol. The molecule has 1 aliphatic rings. The molecule has 23 heavy (non-hydrogen) atoms. The zero-order valence-electron chi connectivity index (χ0n) is 13.0. The Bertz CT molecular complexity index is 710. The summed E-state index contributed by atoms with van der Waals surface area (Å²) >= 11 is 13.3. The first-order valence-electron chi connectivity index (χ1n) is 6.97. The summed E-state index contributed by atoms with van der Waals surface area (Å²) < 4.78 is 27.0. The summed E-state index contributed by atoms with van der Waals surface area (Å²) in [5, 5.41) is 0.372. The van der Waals surface area contributed by atoms with Crippen molar-refractivity contribution in [3.8, 4) is 0 Å². The molecular formula is C14H18Cl2N2O3S2. The molecule has 0 aliphatic carbocycles. The molecule has 0 aromatic heterocycles. The maximum absolute atomic E-state index is 12.9. The highest BCUT2D eigenvalue weighted by Gasteiger charge is 2.42. The lowest BCUT2D eigenvalue weighted by Gasteiger charge is -2.29. The molecule has 0 spiro atoms. The summed E-state index contributed by atoms with van der Waals surface area (Å²) in [6.07, 6.45) is 0. The van der Waals surface area contributed by atoms with Gasteiger partial charge in [-0.3, -0.25) is 4.79 Å². The van der Waals surface area contributed by atoms with Crippen molar-refractivity contribution in [2.45, 2.75) is 30.8 Å². The first kappa shape index (κ1) is 18.9. The van der Waals surface area contributed by atoms with Crippen molar-refractivity contribution < 1.29 is 13.2 Å². The molecule has 0 N–H and O–H groups in total. The first-order chi connectivity index (χ1) is 10.7. The standard InChI is InChI=1S/C14H18Cl2N2O3S2/c1-9(2)17(3)14(19)12-7-22-8-18(12)23(20,21)13-6-10(15)4-5-11(13)16/h4-6,9,12H,7-8H2,1-3H3/t12-/m0/s1. The molecule has 128 valence electrons. The Morgan fingerprint density at radius 2 is 2.04 bits per heavy atom. The van der Waals surface area contributed by atoms with Gasteiger partial charge in [-0.05, 0) is 32.0 Å². The van der Waals surface area contributed by atoms with Crippen molar-refractivity contribution in [3.63, 3.8) is 0 Å². The average Bonchev–Trinajstić information content (AvgIpc) is 2.98. The van der Waals surface area contributed by atoms with Gasteiger partial charge in [0.05, 0.1) is 10.9 Å². The van der Waals surface area contributed by atoms with Crippen molar-refractivity contribution in [1.82, 2.24) is 9.21 Å². The predicted octanol–water partition coefficient (Wildman–Crippen LogP) is 2.92. The van der Waals surface area contributed by atoms with E-state index in [0.29, 0.717) is 5.75 Å². The summed E-state index contributed by atoms with van der Waals surface area (Å²) in [6.45, 7) is 3.76. The van der Waals surface area contributed by atoms with E-state index in [9.17, 15) is 13.2 Å². The Balaban J connectivity index is 2.39. The Hall–Kier alpha value is -0.470. The molecule has 0 bridgehead atoms. The first-order valence-corrected chi connectivity index (χ1v) is 10.3. The number of carbonyl (C=O) groups is 1. The molecule has 0 saturated carbocycles. The lowest BCUT2D eigenvalue weighted by Crippen LogP contribution is -2.49. The van der Waals surface area contributed by atoms with Crippen molar-refractivity contribution in [3.05, 3.63) is 28.2 Å². The normalized spacial score (nSPS) is 19.3. The lowest BCUT2D eigenvalue weighted by atomic mass is 10.2. The molecule has 1 heterocycles. The van der Waals surface area contributed by atoms with Gasteiger partial charge in [-0.1, -0.05) is 23.2 Å². The second kappa shape index (κ2) is 7.19. The molecule has 1 fully saturated rings. The molecule has 1 amide bonds. The van der Waals surface area contributed by atoms with Crippen LogP contribution in [0.1, 0.15) is 13.8 Å². The van der Waals surface area contributed by atoms with Gasteiger partial charge >= 0.3 is 0 Å². The van der Waals surface area contributed by atoms with Gasteiger partial charge in [-0.2, -0.15) is 4.31 Å². The smallest absolute Gasteiger partial charge is 0.246 e. The minimum absolute atomic E-state index is 0.00703. The Labute approximate surface area is 151 Å². The molecule has 1 atom stereocenters. The largest absolute Gasteiger partial charge is 0.342 e. The van der Waals surface area contributed by atoms with E-state index in [1.165, 1.54) is 34.3 Å². The number of halogens is 2. The highest BCUT2D eigenvalue weighted by molar-refractivity contribution is 8.00. The summed E-state index contributed by atoms with van der Waals surface area (Å²) in [5.74, 6) is 0.424. The second-order valence-corrected chi connectivity index (χ2v) is 9.23. The summed E-state index contributed by atoms with van der Waals surface area (Å²) in [6, 6.07) is 3.55. The number of nitrogens with zero attached hydrogens (tertiary/aromatic N) is 2. The molecule has 1 aromatic carbocycles. The SMILES string of the molecule is CC(C)N(C)C(=O)[C@@H]1CSCN1S(=O)(=O)c1cc(Cl)ccc1Cl. The van der Waals surface area contributed by atoms with Crippen LogP contribution in [0.15, 0.2) is 23.1 Å². The van der Waals surface area contributed by atoms with E-state index in [0.717, 1.165) is 0 Å². The molecule has 0 radical (unpaired) electrons. The minimum atomic E-state index is -3.90. The number of hydrogen-bond donors (Lipinski definition) is 0. The Kier molecular flexibility index (Phi) is 5.90. The van der Waals surface area contributed by atoms with E-state index in [2.05, 4.69) is 0 Å². The van der Waals surface area contributed by atoms with Gasteiger partial charge in [0.25, 0.3) is 0 Å². The predicted molar refractivity (Wildman–Crippen MR) is 94.5 cm³/mol. The van der Waals surface area contributed by atoms with E-state index >= 15 is 0 Å². The molecule has 5 nitrogen and oxygen atoms in total. The maximum atomic E-state index is 12.9. The van der Waals surface area contributed by atoms with Gasteiger partial charge in [0, 0.05) is 23.9 Å². The van der Waals surface area contributed by atoms with E-state index in [-0.39, 0.29) is 32.8 Å². The third-order valence-corrected chi connectivity index (χ3v) is 7.48. The molecule has 2 rings (SSSR count). The number of benzene rings is 1. The Morgan fingerprint density at radius 3 is 2.65 bits per heavy atom. The van der Waals surface area contributed by atoms with Crippen molar-refractivity contribution >= 4 is 50.9 Å². The number of amides is 1. The maximum Gasteiger partial charge on any atom is 0.246 e. The molecule has 1 saturated heterocycles. The number of sulfonamides is 1. The number of hydrogen-bond acceptors (Lipinski definition) is 4. The number of rotatable bonds is 4.